The van der Waals surface area contributed by atoms with Crippen LogP contribution in [0.25, 0.3) is 11.4 Å². The molecular weight excluding hydrogens is 343 g/mol. The minimum atomic E-state index is -0.685. The van der Waals surface area contributed by atoms with Gasteiger partial charge in [0, 0.05) is 30.7 Å². The lowest BCUT2D eigenvalue weighted by Crippen LogP contribution is -2.44. The summed E-state index contributed by atoms with van der Waals surface area (Å²) in [6.45, 7) is 0.527. The number of methoxy groups -OCH3 is 1. The van der Waals surface area contributed by atoms with Crippen LogP contribution in [0.5, 0.6) is 0 Å². The lowest BCUT2D eigenvalue weighted by atomic mass is 10.2. The van der Waals surface area contributed by atoms with Crippen LogP contribution in [0.15, 0.2) is 28.8 Å². The van der Waals surface area contributed by atoms with E-state index in [1.165, 1.54) is 7.11 Å². The second-order valence-electron chi connectivity index (χ2n) is 4.62. The fraction of sp³-hybridized carbons (Fsp3) is 0.357. The summed E-state index contributed by atoms with van der Waals surface area (Å²) in [4.78, 5) is 15.8. The zero-order valence-electron chi connectivity index (χ0n) is 12.5. The predicted octanol–water partition coefficient (Wildman–Crippen LogP) is 1.44. The Morgan fingerprint density at radius 1 is 1.52 bits per heavy atom. The Hall–Kier alpha value is -1.67. The zero-order chi connectivity index (χ0) is 15.9. The second kappa shape index (κ2) is 9.46. The topological polar surface area (TPSA) is 103 Å². The molecule has 0 aliphatic carbocycles. The van der Waals surface area contributed by atoms with Gasteiger partial charge in [0.15, 0.2) is 0 Å². The molecule has 0 spiro atoms. The van der Waals surface area contributed by atoms with Gasteiger partial charge in [0.2, 0.25) is 17.6 Å². The van der Waals surface area contributed by atoms with Crippen molar-refractivity contribution < 1.29 is 14.1 Å². The zero-order valence-corrected chi connectivity index (χ0v) is 14.1. The van der Waals surface area contributed by atoms with Gasteiger partial charge in [-0.25, -0.2) is 0 Å². The maximum Gasteiger partial charge on any atom is 0.239 e. The molecule has 23 heavy (non-hydrogen) atoms. The third kappa shape index (κ3) is 5.80. The Morgan fingerprint density at radius 2 is 2.30 bits per heavy atom. The number of halogens is 2. The van der Waals surface area contributed by atoms with Gasteiger partial charge in [-0.2, -0.15) is 4.98 Å². The maximum atomic E-state index is 11.6. The molecule has 0 saturated heterocycles. The molecule has 1 amide bonds. The Balaban J connectivity index is 0.00000264. The van der Waals surface area contributed by atoms with E-state index < -0.39 is 6.04 Å². The molecule has 1 atom stereocenters. The SMILES string of the molecule is COCC(N)C(=O)NCCc1nc(-c2cccc(Cl)c2)no1.Cl. The summed E-state index contributed by atoms with van der Waals surface area (Å²) in [6, 6.07) is 6.48. The van der Waals surface area contributed by atoms with Crippen LogP contribution in [0, 0.1) is 0 Å². The minimum absolute atomic E-state index is 0. The van der Waals surface area contributed by atoms with E-state index in [0.717, 1.165) is 5.56 Å². The van der Waals surface area contributed by atoms with Crippen LogP contribution >= 0.6 is 24.0 Å². The Morgan fingerprint density at radius 3 is 3.00 bits per heavy atom. The van der Waals surface area contributed by atoms with Crippen LogP contribution in [-0.2, 0) is 16.0 Å². The Labute approximate surface area is 144 Å². The number of hydrogen-bond donors (Lipinski definition) is 2. The van der Waals surface area contributed by atoms with E-state index in [1.54, 1.807) is 12.1 Å². The Kier molecular flexibility index (Phi) is 7.97. The summed E-state index contributed by atoms with van der Waals surface area (Å²) in [5.41, 5.74) is 6.37. The quantitative estimate of drug-likeness (QED) is 0.774. The van der Waals surface area contributed by atoms with Gasteiger partial charge in [0.25, 0.3) is 0 Å². The van der Waals surface area contributed by atoms with Crippen molar-refractivity contribution in [2.45, 2.75) is 12.5 Å². The molecule has 1 heterocycles. The van der Waals surface area contributed by atoms with E-state index in [2.05, 4.69) is 15.5 Å². The molecule has 0 radical (unpaired) electrons. The molecule has 7 nitrogen and oxygen atoms in total. The van der Waals surface area contributed by atoms with Gasteiger partial charge >= 0.3 is 0 Å². The van der Waals surface area contributed by atoms with Crippen molar-refractivity contribution in [3.05, 3.63) is 35.2 Å². The highest BCUT2D eigenvalue weighted by molar-refractivity contribution is 6.30. The van der Waals surface area contributed by atoms with E-state index >= 15 is 0 Å². The molecule has 9 heteroatoms. The van der Waals surface area contributed by atoms with Crippen LogP contribution in [0.2, 0.25) is 5.02 Å². The number of aromatic nitrogens is 2. The van der Waals surface area contributed by atoms with Crippen molar-refractivity contribution in [3.63, 3.8) is 0 Å². The monoisotopic (exact) mass is 360 g/mol. The largest absolute Gasteiger partial charge is 0.383 e. The van der Waals surface area contributed by atoms with Crippen LogP contribution in [0.4, 0.5) is 0 Å². The van der Waals surface area contributed by atoms with Crippen molar-refractivity contribution in [3.8, 4) is 11.4 Å². The molecule has 0 bridgehead atoms. The molecular formula is C14H18Cl2N4O3. The highest BCUT2D eigenvalue weighted by Crippen LogP contribution is 2.19. The number of hydrogen-bond acceptors (Lipinski definition) is 6. The van der Waals surface area contributed by atoms with Crippen molar-refractivity contribution in [1.29, 1.82) is 0 Å². The van der Waals surface area contributed by atoms with Crippen molar-refractivity contribution in [2.24, 2.45) is 5.73 Å². The highest BCUT2D eigenvalue weighted by Gasteiger charge is 2.13. The number of amides is 1. The molecule has 1 aromatic heterocycles. The normalized spacial score (nSPS) is 11.6. The number of benzene rings is 1. The van der Waals surface area contributed by atoms with Gasteiger partial charge in [-0.1, -0.05) is 28.9 Å². The number of ether oxygens (including phenoxy) is 1. The fourth-order valence-corrected chi connectivity index (χ4v) is 1.97. The average Bonchev–Trinajstić information content (AvgIpc) is 2.96. The first-order valence-electron chi connectivity index (χ1n) is 6.71. The van der Waals surface area contributed by atoms with Crippen molar-refractivity contribution in [1.82, 2.24) is 15.5 Å². The lowest BCUT2D eigenvalue weighted by Gasteiger charge is -2.09. The standard InChI is InChI=1S/C14H17ClN4O3.ClH/c1-21-8-11(16)14(20)17-6-5-12-18-13(19-22-12)9-3-2-4-10(15)7-9;/h2-4,7,11H,5-6,8,16H2,1H3,(H,17,20);1H. The van der Waals surface area contributed by atoms with Gasteiger partial charge in [-0.15, -0.1) is 12.4 Å². The summed E-state index contributed by atoms with van der Waals surface area (Å²) in [6.07, 6.45) is 0.416. The van der Waals surface area contributed by atoms with Crippen LogP contribution in [0.1, 0.15) is 5.89 Å². The van der Waals surface area contributed by atoms with Gasteiger partial charge < -0.3 is 20.3 Å². The number of nitrogens with one attached hydrogen (secondary N) is 1. The van der Waals surface area contributed by atoms with Crippen molar-refractivity contribution in [2.75, 3.05) is 20.3 Å². The molecule has 3 N–H and O–H groups in total. The number of rotatable bonds is 7. The number of nitrogens with two attached hydrogens (primary N) is 1. The smallest absolute Gasteiger partial charge is 0.239 e. The summed E-state index contributed by atoms with van der Waals surface area (Å²) in [7, 11) is 1.49. The van der Waals surface area contributed by atoms with Gasteiger partial charge in [0.1, 0.15) is 6.04 Å². The molecule has 126 valence electrons. The molecule has 0 aliphatic heterocycles. The highest BCUT2D eigenvalue weighted by atomic mass is 35.5. The van der Waals surface area contributed by atoms with E-state index in [-0.39, 0.29) is 24.9 Å². The second-order valence-corrected chi connectivity index (χ2v) is 5.06. The summed E-state index contributed by atoms with van der Waals surface area (Å²) in [5, 5.41) is 7.17. The summed E-state index contributed by atoms with van der Waals surface area (Å²) < 4.78 is 9.95. The fourth-order valence-electron chi connectivity index (χ4n) is 1.78. The molecule has 0 saturated carbocycles. The number of carbonyl (C=O) groups excluding carboxylic acids is 1. The first-order chi connectivity index (χ1) is 10.6. The third-order valence-corrected chi connectivity index (χ3v) is 3.11. The summed E-state index contributed by atoms with van der Waals surface area (Å²) in [5.74, 6) is 0.604. The summed E-state index contributed by atoms with van der Waals surface area (Å²) >= 11 is 5.92. The van der Waals surface area contributed by atoms with E-state index in [0.29, 0.717) is 29.7 Å². The van der Waals surface area contributed by atoms with Crippen LogP contribution in [0.3, 0.4) is 0 Å². The molecule has 0 fully saturated rings. The molecule has 1 aromatic carbocycles. The first-order valence-corrected chi connectivity index (χ1v) is 7.08. The minimum Gasteiger partial charge on any atom is -0.383 e. The van der Waals surface area contributed by atoms with Gasteiger partial charge in [-0.05, 0) is 12.1 Å². The Bertz CT molecular complexity index is 636. The van der Waals surface area contributed by atoms with E-state index in [9.17, 15) is 4.79 Å². The number of nitrogens with zero attached hydrogens (tertiary/aromatic N) is 2. The number of carbonyl (C=O) groups is 1. The predicted molar refractivity (Wildman–Crippen MR) is 88.6 cm³/mol. The maximum absolute atomic E-state index is 11.6. The van der Waals surface area contributed by atoms with Gasteiger partial charge in [-0.3, -0.25) is 4.79 Å². The molecule has 2 rings (SSSR count). The van der Waals surface area contributed by atoms with E-state index in [1.807, 2.05) is 12.1 Å². The average molecular weight is 361 g/mol. The lowest BCUT2D eigenvalue weighted by molar-refractivity contribution is -0.123. The van der Waals surface area contributed by atoms with E-state index in [4.69, 9.17) is 26.6 Å². The third-order valence-electron chi connectivity index (χ3n) is 2.87. The van der Waals surface area contributed by atoms with Crippen molar-refractivity contribution >= 4 is 29.9 Å². The molecule has 0 aliphatic rings. The first kappa shape index (κ1) is 19.4. The van der Waals surface area contributed by atoms with Crippen LogP contribution in [-0.4, -0.2) is 42.4 Å². The van der Waals surface area contributed by atoms with Crippen LogP contribution < -0.4 is 11.1 Å². The molecule has 1 unspecified atom stereocenters. The van der Waals surface area contributed by atoms with Gasteiger partial charge in [0.05, 0.1) is 6.61 Å². The molecule has 2 aromatic rings.